The normalized spacial score (nSPS) is 13.4. The second-order valence-electron chi connectivity index (χ2n) is 5.26. The Morgan fingerprint density at radius 1 is 1.04 bits per heavy atom. The van der Waals surface area contributed by atoms with E-state index in [-0.39, 0.29) is 6.42 Å². The van der Waals surface area contributed by atoms with E-state index in [9.17, 15) is 26.4 Å². The zero-order valence-electron chi connectivity index (χ0n) is 12.8. The van der Waals surface area contributed by atoms with E-state index < -0.39 is 38.6 Å². The van der Waals surface area contributed by atoms with Gasteiger partial charge in [0.1, 0.15) is 6.04 Å². The number of halogens is 3. The van der Waals surface area contributed by atoms with Gasteiger partial charge in [-0.3, -0.25) is 4.79 Å². The molecule has 3 N–H and O–H groups in total. The quantitative estimate of drug-likeness (QED) is 0.814. The number of hydrogen-bond acceptors (Lipinski definition) is 3. The number of nitrogens with two attached hydrogens (primary N) is 1. The van der Waals surface area contributed by atoms with E-state index in [0.717, 1.165) is 12.1 Å². The van der Waals surface area contributed by atoms with Gasteiger partial charge in [0.15, 0.2) is 0 Å². The van der Waals surface area contributed by atoms with Gasteiger partial charge in [0.2, 0.25) is 15.9 Å². The summed E-state index contributed by atoms with van der Waals surface area (Å²) in [6.45, 7) is 0. The van der Waals surface area contributed by atoms with Gasteiger partial charge < -0.3 is 5.73 Å². The maximum absolute atomic E-state index is 13.0. The molecule has 2 aromatic rings. The lowest BCUT2D eigenvalue weighted by Gasteiger charge is -2.18. The minimum atomic E-state index is -4.85. The van der Waals surface area contributed by atoms with E-state index in [4.69, 9.17) is 5.73 Å². The number of sulfonamides is 1. The van der Waals surface area contributed by atoms with E-state index in [2.05, 4.69) is 0 Å². The van der Waals surface area contributed by atoms with Crippen LogP contribution in [-0.2, 0) is 27.4 Å². The monoisotopic (exact) mass is 372 g/mol. The lowest BCUT2D eigenvalue weighted by molar-refractivity contribution is -0.139. The van der Waals surface area contributed by atoms with Crippen molar-refractivity contribution in [2.24, 2.45) is 5.73 Å². The molecule has 2 aromatic carbocycles. The Morgan fingerprint density at radius 2 is 1.60 bits per heavy atom. The molecule has 0 unspecified atom stereocenters. The summed E-state index contributed by atoms with van der Waals surface area (Å²) in [4.78, 5) is 10.6. The molecule has 1 atom stereocenters. The Morgan fingerprint density at radius 3 is 2.16 bits per heavy atom. The first-order valence-corrected chi connectivity index (χ1v) is 8.61. The molecule has 0 aliphatic carbocycles. The molecule has 0 fully saturated rings. The fraction of sp³-hybridized carbons (Fsp3) is 0.188. The third-order valence-corrected chi connectivity index (χ3v) is 4.94. The number of amides is 1. The summed E-state index contributed by atoms with van der Waals surface area (Å²) in [6.07, 6.45) is -4.93. The van der Waals surface area contributed by atoms with Crippen molar-refractivity contribution in [1.82, 2.24) is 4.72 Å². The molecule has 5 nitrogen and oxygen atoms in total. The molecule has 0 bridgehead atoms. The number of rotatable bonds is 6. The lowest BCUT2D eigenvalue weighted by Crippen LogP contribution is -2.46. The van der Waals surface area contributed by atoms with Crippen LogP contribution in [-0.4, -0.2) is 20.4 Å². The highest BCUT2D eigenvalue weighted by molar-refractivity contribution is 7.89. The average molecular weight is 372 g/mol. The van der Waals surface area contributed by atoms with Crippen molar-refractivity contribution in [2.75, 3.05) is 0 Å². The maximum Gasteiger partial charge on any atom is 0.417 e. The third kappa shape index (κ3) is 4.80. The highest BCUT2D eigenvalue weighted by atomic mass is 32.2. The molecule has 0 saturated carbocycles. The van der Waals surface area contributed by atoms with E-state index in [0.29, 0.717) is 11.6 Å². The van der Waals surface area contributed by atoms with Crippen molar-refractivity contribution >= 4 is 15.9 Å². The fourth-order valence-corrected chi connectivity index (χ4v) is 3.67. The van der Waals surface area contributed by atoms with Crippen LogP contribution in [0, 0.1) is 0 Å². The molecule has 0 aliphatic rings. The first-order chi connectivity index (χ1) is 11.6. The van der Waals surface area contributed by atoms with Gasteiger partial charge in [-0.2, -0.15) is 17.9 Å². The van der Waals surface area contributed by atoms with E-state index in [1.807, 2.05) is 4.72 Å². The van der Waals surface area contributed by atoms with Gasteiger partial charge in [0.05, 0.1) is 10.5 Å². The van der Waals surface area contributed by atoms with Crippen LogP contribution in [0.4, 0.5) is 13.2 Å². The highest BCUT2D eigenvalue weighted by Crippen LogP contribution is 2.33. The van der Waals surface area contributed by atoms with E-state index >= 15 is 0 Å². The first-order valence-electron chi connectivity index (χ1n) is 7.13. The van der Waals surface area contributed by atoms with Crippen LogP contribution in [0.15, 0.2) is 59.5 Å². The number of carbonyl (C=O) groups is 1. The Kier molecular flexibility index (Phi) is 5.48. The van der Waals surface area contributed by atoms with Gasteiger partial charge in [-0.1, -0.05) is 42.5 Å². The van der Waals surface area contributed by atoms with Crippen LogP contribution in [0.2, 0.25) is 0 Å². The molecule has 0 heterocycles. The first kappa shape index (κ1) is 18.9. The molecule has 0 radical (unpaired) electrons. The maximum atomic E-state index is 13.0. The molecule has 0 spiro atoms. The predicted octanol–water partition coefficient (Wildman–Crippen LogP) is 2.08. The van der Waals surface area contributed by atoms with Gasteiger partial charge in [0.25, 0.3) is 0 Å². The number of benzene rings is 2. The predicted molar refractivity (Wildman–Crippen MR) is 84.9 cm³/mol. The van der Waals surface area contributed by atoms with Crippen LogP contribution in [0.5, 0.6) is 0 Å². The summed E-state index contributed by atoms with van der Waals surface area (Å²) in [5.41, 5.74) is 4.50. The number of alkyl halides is 3. The number of primary amides is 1. The summed E-state index contributed by atoms with van der Waals surface area (Å²) in [7, 11) is -4.61. The van der Waals surface area contributed by atoms with Crippen LogP contribution >= 0.6 is 0 Å². The van der Waals surface area contributed by atoms with Crippen molar-refractivity contribution in [3.8, 4) is 0 Å². The molecule has 2 rings (SSSR count). The van der Waals surface area contributed by atoms with Crippen molar-refractivity contribution < 1.29 is 26.4 Å². The largest absolute Gasteiger partial charge is 0.417 e. The van der Waals surface area contributed by atoms with E-state index in [1.165, 1.54) is 6.07 Å². The standard InChI is InChI=1S/C16H15F3N2O3S/c17-16(18,19)12-8-4-5-9-14(12)25(23,24)21-13(15(20)22)10-11-6-2-1-3-7-11/h1-9,13,21H,10H2,(H2,20,22)/t13-/m0/s1. The summed E-state index contributed by atoms with van der Waals surface area (Å²) in [5.74, 6) is -0.989. The molecule has 0 aliphatic heterocycles. The molecule has 0 saturated heterocycles. The SMILES string of the molecule is NC(=O)[C@H](Cc1ccccc1)NS(=O)(=O)c1ccccc1C(F)(F)F. The lowest BCUT2D eigenvalue weighted by atomic mass is 10.1. The zero-order valence-corrected chi connectivity index (χ0v) is 13.6. The molecule has 134 valence electrons. The summed E-state index contributed by atoms with van der Waals surface area (Å²) < 4.78 is 65.9. The Hall–Kier alpha value is -2.39. The molecule has 9 heteroatoms. The van der Waals surface area contributed by atoms with Gasteiger partial charge in [-0.25, -0.2) is 8.42 Å². The summed E-state index contributed by atoms with van der Waals surface area (Å²) in [5, 5.41) is 0. The Bertz CT molecular complexity index is 852. The minimum Gasteiger partial charge on any atom is -0.368 e. The van der Waals surface area contributed by atoms with Crippen LogP contribution in [0.25, 0.3) is 0 Å². The van der Waals surface area contributed by atoms with Crippen molar-refractivity contribution in [2.45, 2.75) is 23.5 Å². The van der Waals surface area contributed by atoms with Gasteiger partial charge in [-0.05, 0) is 24.1 Å². The third-order valence-electron chi connectivity index (χ3n) is 3.41. The number of nitrogens with one attached hydrogen (secondary N) is 1. The second kappa shape index (κ2) is 7.24. The van der Waals surface area contributed by atoms with Crippen LogP contribution in [0.3, 0.4) is 0 Å². The molecule has 0 aromatic heterocycles. The Balaban J connectivity index is 2.35. The topological polar surface area (TPSA) is 89.3 Å². The van der Waals surface area contributed by atoms with Gasteiger partial charge >= 0.3 is 6.18 Å². The zero-order chi connectivity index (χ0) is 18.7. The van der Waals surface area contributed by atoms with Crippen molar-refractivity contribution in [3.63, 3.8) is 0 Å². The molecular formula is C16H15F3N2O3S. The van der Waals surface area contributed by atoms with E-state index in [1.54, 1.807) is 30.3 Å². The van der Waals surface area contributed by atoms with Gasteiger partial charge in [0, 0.05) is 0 Å². The van der Waals surface area contributed by atoms with Crippen molar-refractivity contribution in [1.29, 1.82) is 0 Å². The van der Waals surface area contributed by atoms with Crippen molar-refractivity contribution in [3.05, 3.63) is 65.7 Å². The fourth-order valence-electron chi connectivity index (χ4n) is 2.24. The van der Waals surface area contributed by atoms with Crippen LogP contribution < -0.4 is 10.5 Å². The molecular weight excluding hydrogens is 357 g/mol. The summed E-state index contributed by atoms with van der Waals surface area (Å²) >= 11 is 0. The van der Waals surface area contributed by atoms with Gasteiger partial charge in [-0.15, -0.1) is 0 Å². The second-order valence-corrected chi connectivity index (χ2v) is 6.94. The number of carbonyl (C=O) groups excluding carboxylic acids is 1. The van der Waals surface area contributed by atoms with Crippen LogP contribution in [0.1, 0.15) is 11.1 Å². The summed E-state index contributed by atoms with van der Waals surface area (Å²) in [6, 6.07) is 10.7. The average Bonchev–Trinajstić information content (AvgIpc) is 2.54. The Labute approximate surface area is 142 Å². The minimum absolute atomic E-state index is 0.0798. The molecule has 1 amide bonds. The highest BCUT2D eigenvalue weighted by Gasteiger charge is 2.37. The smallest absolute Gasteiger partial charge is 0.368 e. The number of hydrogen-bond donors (Lipinski definition) is 2. The molecule has 25 heavy (non-hydrogen) atoms.